The first kappa shape index (κ1) is 16.5. The van der Waals surface area contributed by atoms with E-state index in [0.29, 0.717) is 11.3 Å². The molecule has 3 rings (SSSR count). The van der Waals surface area contributed by atoms with Crippen molar-refractivity contribution in [1.82, 2.24) is 4.90 Å². The van der Waals surface area contributed by atoms with Gasteiger partial charge in [0.1, 0.15) is 0 Å². The molecule has 1 unspecified atom stereocenters. The second-order valence-electron chi connectivity index (χ2n) is 6.50. The number of carboxylic acids is 1. The van der Waals surface area contributed by atoms with Crippen LogP contribution in [0.1, 0.15) is 42.5 Å². The first-order valence-electron chi connectivity index (χ1n) is 8.49. The number of hydrogen-bond acceptors (Lipinski definition) is 3. The Balaban J connectivity index is 1.70. The van der Waals surface area contributed by atoms with E-state index in [9.17, 15) is 14.4 Å². The lowest BCUT2D eigenvalue weighted by Crippen LogP contribution is -2.32. The monoisotopic (exact) mass is 330 g/mol. The largest absolute Gasteiger partial charge is 0.481 e. The second kappa shape index (κ2) is 7.03. The van der Waals surface area contributed by atoms with E-state index in [1.54, 1.807) is 24.3 Å². The van der Waals surface area contributed by atoms with Gasteiger partial charge in [0.25, 0.3) is 5.91 Å². The predicted molar refractivity (Wildman–Crippen MR) is 88.9 cm³/mol. The third-order valence-electron chi connectivity index (χ3n) is 4.79. The summed E-state index contributed by atoms with van der Waals surface area (Å²) in [4.78, 5) is 39.0. The number of hydrogen-bond donors (Lipinski definition) is 1. The lowest BCUT2D eigenvalue weighted by Gasteiger charge is -2.21. The molecule has 0 aliphatic carbocycles. The maximum atomic E-state index is 12.6. The summed E-state index contributed by atoms with van der Waals surface area (Å²) in [6.07, 6.45) is 4.46. The van der Waals surface area contributed by atoms with Gasteiger partial charge in [0.05, 0.1) is 5.92 Å². The maximum absolute atomic E-state index is 12.6. The van der Waals surface area contributed by atoms with Crippen molar-refractivity contribution in [3.05, 3.63) is 29.8 Å². The number of carboxylic acid groups (broad SMARTS) is 1. The first-order valence-corrected chi connectivity index (χ1v) is 8.49. The van der Waals surface area contributed by atoms with Crippen LogP contribution in [0, 0.1) is 5.92 Å². The van der Waals surface area contributed by atoms with Crippen LogP contribution in [0.15, 0.2) is 24.3 Å². The molecule has 0 bridgehead atoms. The van der Waals surface area contributed by atoms with Gasteiger partial charge < -0.3 is 14.9 Å². The zero-order valence-corrected chi connectivity index (χ0v) is 13.6. The Bertz CT molecular complexity index is 633. The maximum Gasteiger partial charge on any atom is 0.308 e. The van der Waals surface area contributed by atoms with E-state index in [4.69, 9.17) is 5.11 Å². The van der Waals surface area contributed by atoms with Crippen LogP contribution in [0.5, 0.6) is 0 Å². The highest BCUT2D eigenvalue weighted by atomic mass is 16.4. The van der Waals surface area contributed by atoms with Crippen LogP contribution in [0.3, 0.4) is 0 Å². The van der Waals surface area contributed by atoms with Gasteiger partial charge in [-0.25, -0.2) is 0 Å². The molecule has 2 aliphatic rings. The summed E-state index contributed by atoms with van der Waals surface area (Å²) in [7, 11) is 0. The van der Waals surface area contributed by atoms with Gasteiger partial charge in [0.2, 0.25) is 5.91 Å². The van der Waals surface area contributed by atoms with Gasteiger partial charge in [-0.05, 0) is 37.1 Å². The fourth-order valence-electron chi connectivity index (χ4n) is 3.36. The minimum absolute atomic E-state index is 0.0274. The van der Waals surface area contributed by atoms with E-state index in [0.717, 1.165) is 25.9 Å². The molecule has 2 saturated heterocycles. The summed E-state index contributed by atoms with van der Waals surface area (Å²) in [5, 5.41) is 9.05. The van der Waals surface area contributed by atoms with Gasteiger partial charge in [-0.2, -0.15) is 0 Å². The van der Waals surface area contributed by atoms with Crippen LogP contribution in [-0.4, -0.2) is 47.4 Å². The van der Waals surface area contributed by atoms with E-state index in [2.05, 4.69) is 0 Å². The summed E-state index contributed by atoms with van der Waals surface area (Å²) >= 11 is 0. The molecule has 24 heavy (non-hydrogen) atoms. The van der Waals surface area contributed by atoms with E-state index in [1.165, 1.54) is 17.7 Å². The van der Waals surface area contributed by atoms with E-state index in [-0.39, 0.29) is 24.8 Å². The van der Waals surface area contributed by atoms with Crippen molar-refractivity contribution in [3.8, 4) is 0 Å². The molecule has 0 spiro atoms. The molecular weight excluding hydrogens is 308 g/mol. The molecular formula is C18H22N2O4. The summed E-state index contributed by atoms with van der Waals surface area (Å²) < 4.78 is 0. The Morgan fingerprint density at radius 2 is 1.62 bits per heavy atom. The van der Waals surface area contributed by atoms with Gasteiger partial charge in [-0.3, -0.25) is 14.4 Å². The molecule has 6 nitrogen and oxygen atoms in total. The summed E-state index contributed by atoms with van der Waals surface area (Å²) in [6.45, 7) is 1.78. The Labute approximate surface area is 141 Å². The predicted octanol–water partition coefficient (Wildman–Crippen LogP) is 2.14. The zero-order chi connectivity index (χ0) is 17.1. The smallest absolute Gasteiger partial charge is 0.308 e. The van der Waals surface area contributed by atoms with Crippen molar-refractivity contribution in [1.29, 1.82) is 0 Å². The van der Waals surface area contributed by atoms with Crippen molar-refractivity contribution in [2.24, 2.45) is 5.92 Å². The van der Waals surface area contributed by atoms with Crippen molar-refractivity contribution >= 4 is 23.5 Å². The zero-order valence-electron chi connectivity index (χ0n) is 13.6. The highest BCUT2D eigenvalue weighted by Crippen LogP contribution is 2.26. The van der Waals surface area contributed by atoms with Crippen molar-refractivity contribution in [2.45, 2.75) is 32.1 Å². The van der Waals surface area contributed by atoms with Crippen LogP contribution in [0.4, 0.5) is 5.69 Å². The van der Waals surface area contributed by atoms with Gasteiger partial charge in [-0.1, -0.05) is 12.8 Å². The van der Waals surface area contributed by atoms with Crippen molar-refractivity contribution < 1.29 is 19.5 Å². The number of nitrogens with zero attached hydrogens (tertiary/aromatic N) is 2. The van der Waals surface area contributed by atoms with Crippen LogP contribution < -0.4 is 4.90 Å². The third kappa shape index (κ3) is 3.42. The van der Waals surface area contributed by atoms with E-state index >= 15 is 0 Å². The highest BCUT2D eigenvalue weighted by Gasteiger charge is 2.35. The lowest BCUT2D eigenvalue weighted by atomic mass is 10.1. The number of amides is 2. The van der Waals surface area contributed by atoms with Crippen LogP contribution in [-0.2, 0) is 9.59 Å². The fourth-order valence-corrected chi connectivity index (χ4v) is 3.36. The van der Waals surface area contributed by atoms with E-state index < -0.39 is 11.9 Å². The summed E-state index contributed by atoms with van der Waals surface area (Å²) in [5.74, 6) is -1.76. The Morgan fingerprint density at radius 1 is 1.00 bits per heavy atom. The summed E-state index contributed by atoms with van der Waals surface area (Å²) in [6, 6.07) is 6.91. The quantitative estimate of drug-likeness (QED) is 0.921. The Morgan fingerprint density at radius 3 is 2.17 bits per heavy atom. The highest BCUT2D eigenvalue weighted by molar-refractivity contribution is 6.00. The number of likely N-dealkylation sites (tertiary alicyclic amines) is 1. The molecule has 0 radical (unpaired) electrons. The molecule has 2 amide bonds. The molecule has 1 N–H and O–H groups in total. The molecule has 1 atom stereocenters. The number of carbonyl (C=O) groups excluding carboxylic acids is 2. The molecule has 6 heteroatoms. The van der Waals surface area contributed by atoms with Gasteiger partial charge in [0.15, 0.2) is 0 Å². The average Bonchev–Trinajstić information content (AvgIpc) is 2.80. The topological polar surface area (TPSA) is 77.9 Å². The van der Waals surface area contributed by atoms with Crippen LogP contribution >= 0.6 is 0 Å². The van der Waals surface area contributed by atoms with E-state index in [1.807, 2.05) is 4.90 Å². The minimum Gasteiger partial charge on any atom is -0.481 e. The van der Waals surface area contributed by atoms with Crippen LogP contribution in [0.2, 0.25) is 0 Å². The molecule has 0 saturated carbocycles. The number of benzene rings is 1. The van der Waals surface area contributed by atoms with Crippen LogP contribution in [0.25, 0.3) is 0 Å². The Hall–Kier alpha value is -2.37. The number of anilines is 1. The molecule has 1 aromatic carbocycles. The van der Waals surface area contributed by atoms with Crippen molar-refractivity contribution in [2.75, 3.05) is 24.5 Å². The number of carbonyl (C=O) groups is 3. The van der Waals surface area contributed by atoms with Gasteiger partial charge >= 0.3 is 5.97 Å². The molecule has 2 aliphatic heterocycles. The standard InChI is InChI=1S/C18H22N2O4/c21-16-11-14(18(23)24)12-20(16)15-7-5-13(6-8-15)17(22)19-9-3-1-2-4-10-19/h5-8,14H,1-4,9-12H2,(H,23,24). The average molecular weight is 330 g/mol. The lowest BCUT2D eigenvalue weighted by molar-refractivity contribution is -0.141. The molecule has 0 aromatic heterocycles. The van der Waals surface area contributed by atoms with Gasteiger partial charge in [0, 0.05) is 37.3 Å². The molecule has 128 valence electrons. The Kier molecular flexibility index (Phi) is 4.83. The minimum atomic E-state index is -0.946. The summed E-state index contributed by atoms with van der Waals surface area (Å²) in [5.41, 5.74) is 1.26. The number of aliphatic carboxylic acids is 1. The van der Waals surface area contributed by atoms with Crippen molar-refractivity contribution in [3.63, 3.8) is 0 Å². The second-order valence-corrected chi connectivity index (χ2v) is 6.50. The third-order valence-corrected chi connectivity index (χ3v) is 4.79. The normalized spacial score (nSPS) is 21.7. The first-order chi connectivity index (χ1) is 11.6. The molecule has 2 fully saturated rings. The molecule has 1 aromatic rings. The fraction of sp³-hybridized carbons (Fsp3) is 0.500. The molecule has 2 heterocycles. The number of rotatable bonds is 3. The van der Waals surface area contributed by atoms with Gasteiger partial charge in [-0.15, -0.1) is 0 Å². The SMILES string of the molecule is O=C(O)C1CC(=O)N(c2ccc(C(=O)N3CCCCCC3)cc2)C1.